The Labute approximate surface area is 158 Å². The Kier molecular flexibility index (Phi) is 7.10. The predicted octanol–water partition coefficient (Wildman–Crippen LogP) is 2.37. The van der Waals surface area contributed by atoms with Crippen molar-refractivity contribution in [1.82, 2.24) is 15.3 Å². The van der Waals surface area contributed by atoms with Gasteiger partial charge in [-0.2, -0.15) is 0 Å². The number of benzene rings is 1. The summed E-state index contributed by atoms with van der Waals surface area (Å²) >= 11 is 5.19. The van der Waals surface area contributed by atoms with E-state index >= 15 is 0 Å². The van der Waals surface area contributed by atoms with Crippen LogP contribution in [0, 0.1) is 0 Å². The van der Waals surface area contributed by atoms with Gasteiger partial charge in [-0.05, 0) is 42.9 Å². The third-order valence-electron chi connectivity index (χ3n) is 3.33. The zero-order valence-corrected chi connectivity index (χ0v) is 16.2. The molecule has 0 fully saturated rings. The molecule has 0 aliphatic heterocycles. The number of nitrogens with one attached hydrogen (secondary N) is 3. The molecule has 140 valence electrons. The number of rotatable bonds is 8. The summed E-state index contributed by atoms with van der Waals surface area (Å²) in [5.41, 5.74) is 0.696. The van der Waals surface area contributed by atoms with E-state index in [-0.39, 0.29) is 16.6 Å². The molecule has 0 amide bonds. The van der Waals surface area contributed by atoms with Crippen molar-refractivity contribution in [3.63, 3.8) is 0 Å². The van der Waals surface area contributed by atoms with Crippen LogP contribution in [0.4, 0.5) is 11.5 Å². The molecule has 1 heterocycles. The lowest BCUT2D eigenvalue weighted by Gasteiger charge is -2.11. The van der Waals surface area contributed by atoms with Crippen LogP contribution in [0.25, 0.3) is 0 Å². The molecule has 26 heavy (non-hydrogen) atoms. The second-order valence-corrected chi connectivity index (χ2v) is 7.40. The van der Waals surface area contributed by atoms with E-state index in [2.05, 4.69) is 32.2 Å². The Morgan fingerprint density at radius 2 is 1.96 bits per heavy atom. The smallest absolute Gasteiger partial charge is 0.263 e. The number of hydrogen-bond donors (Lipinski definition) is 3. The minimum Gasteiger partial charge on any atom is -0.481 e. The number of thiocarbonyl (C=S) groups is 1. The number of methoxy groups -OCH3 is 1. The molecule has 0 saturated heterocycles. The van der Waals surface area contributed by atoms with E-state index in [1.807, 2.05) is 0 Å². The van der Waals surface area contributed by atoms with Gasteiger partial charge in [0, 0.05) is 18.3 Å². The van der Waals surface area contributed by atoms with Crippen molar-refractivity contribution in [3.05, 3.63) is 36.7 Å². The van der Waals surface area contributed by atoms with E-state index in [9.17, 15) is 8.42 Å². The first-order valence-corrected chi connectivity index (χ1v) is 9.87. The summed E-state index contributed by atoms with van der Waals surface area (Å²) in [5, 5.41) is 6.60. The Balaban J connectivity index is 2.02. The highest BCUT2D eigenvalue weighted by atomic mass is 32.2. The van der Waals surface area contributed by atoms with Crippen LogP contribution in [0.3, 0.4) is 0 Å². The molecule has 0 atom stereocenters. The average Bonchev–Trinajstić information content (AvgIpc) is 2.62. The number of ether oxygens (including phenoxy) is 1. The van der Waals surface area contributed by atoms with Gasteiger partial charge in [0.25, 0.3) is 10.0 Å². The third kappa shape index (κ3) is 5.81. The molecule has 2 aromatic rings. The molecule has 3 N–H and O–H groups in total. The lowest BCUT2D eigenvalue weighted by molar-refractivity contribution is 0.397. The van der Waals surface area contributed by atoms with Gasteiger partial charge in [-0.1, -0.05) is 13.3 Å². The van der Waals surface area contributed by atoms with Crippen LogP contribution in [0.15, 0.2) is 41.6 Å². The van der Waals surface area contributed by atoms with Gasteiger partial charge in [-0.15, -0.1) is 0 Å². The Morgan fingerprint density at radius 1 is 1.23 bits per heavy atom. The summed E-state index contributed by atoms with van der Waals surface area (Å²) in [5.74, 6) is 0.390. The van der Waals surface area contributed by atoms with Gasteiger partial charge in [0.1, 0.15) is 12.1 Å². The van der Waals surface area contributed by atoms with E-state index < -0.39 is 10.0 Å². The van der Waals surface area contributed by atoms with Crippen LogP contribution in [0.5, 0.6) is 5.88 Å². The Bertz CT molecular complexity index is 841. The predicted molar refractivity (Wildman–Crippen MR) is 105 cm³/mol. The van der Waals surface area contributed by atoms with Gasteiger partial charge in [0.05, 0.1) is 12.0 Å². The minimum absolute atomic E-state index is 0.102. The maximum atomic E-state index is 12.4. The van der Waals surface area contributed by atoms with Crippen LogP contribution in [-0.4, -0.2) is 37.2 Å². The zero-order chi connectivity index (χ0) is 19.0. The zero-order valence-electron chi connectivity index (χ0n) is 14.5. The first kappa shape index (κ1) is 19.9. The first-order chi connectivity index (χ1) is 12.4. The number of unbranched alkanes of at least 4 members (excludes halogenated alkanes) is 1. The number of sulfonamides is 1. The molecule has 0 bridgehead atoms. The van der Waals surface area contributed by atoms with Crippen molar-refractivity contribution in [1.29, 1.82) is 0 Å². The largest absolute Gasteiger partial charge is 0.481 e. The number of nitrogens with zero attached hydrogens (tertiary/aromatic N) is 2. The summed E-state index contributed by atoms with van der Waals surface area (Å²) < 4.78 is 32.2. The van der Waals surface area contributed by atoms with Crippen molar-refractivity contribution in [2.24, 2.45) is 0 Å². The monoisotopic (exact) mass is 395 g/mol. The summed E-state index contributed by atoms with van der Waals surface area (Å²) in [6, 6.07) is 7.65. The maximum absolute atomic E-state index is 12.4. The van der Waals surface area contributed by atoms with Crippen molar-refractivity contribution >= 4 is 38.9 Å². The lowest BCUT2D eigenvalue weighted by Crippen LogP contribution is -2.29. The SMILES string of the molecule is CCCCNC(=S)Nc1ccc(S(=O)(=O)Nc2cc(OC)ncn2)cc1. The molecular weight excluding hydrogens is 374 g/mol. The third-order valence-corrected chi connectivity index (χ3v) is 4.95. The fourth-order valence-corrected chi connectivity index (χ4v) is 3.19. The quantitative estimate of drug-likeness (QED) is 0.462. The molecule has 0 radical (unpaired) electrons. The van der Waals surface area contributed by atoms with Gasteiger partial charge in [-0.3, -0.25) is 4.72 Å². The van der Waals surface area contributed by atoms with Crippen LogP contribution < -0.4 is 20.1 Å². The van der Waals surface area contributed by atoms with Crippen molar-refractivity contribution in [2.75, 3.05) is 23.7 Å². The highest BCUT2D eigenvalue weighted by molar-refractivity contribution is 7.92. The molecular formula is C16H21N5O3S2. The van der Waals surface area contributed by atoms with Gasteiger partial charge in [-0.25, -0.2) is 18.4 Å². The average molecular weight is 396 g/mol. The number of hydrogen-bond acceptors (Lipinski definition) is 6. The Morgan fingerprint density at radius 3 is 2.62 bits per heavy atom. The molecule has 0 saturated carbocycles. The summed E-state index contributed by atoms with van der Waals surface area (Å²) in [6.45, 7) is 2.89. The minimum atomic E-state index is -3.77. The second kappa shape index (κ2) is 9.30. The molecule has 0 unspecified atom stereocenters. The molecule has 0 aliphatic rings. The number of aromatic nitrogens is 2. The van der Waals surface area contributed by atoms with Crippen molar-refractivity contribution < 1.29 is 13.2 Å². The van der Waals surface area contributed by atoms with Crippen LogP contribution in [0.1, 0.15) is 19.8 Å². The fourth-order valence-electron chi connectivity index (χ4n) is 1.97. The summed E-state index contributed by atoms with van der Waals surface area (Å²) in [6.07, 6.45) is 3.32. The molecule has 2 rings (SSSR count). The second-order valence-electron chi connectivity index (χ2n) is 5.31. The molecule has 1 aromatic carbocycles. The number of anilines is 2. The standard InChI is InChI=1S/C16H21N5O3S2/c1-3-4-9-17-16(25)20-12-5-7-13(8-6-12)26(22,23)21-14-10-15(24-2)19-11-18-14/h5-8,10-11H,3-4,9H2,1-2H3,(H2,17,20,25)(H,18,19,21). The molecule has 8 nitrogen and oxygen atoms in total. The van der Waals surface area contributed by atoms with Crippen LogP contribution in [-0.2, 0) is 10.0 Å². The molecule has 10 heteroatoms. The van der Waals surface area contributed by atoms with Crippen LogP contribution in [0.2, 0.25) is 0 Å². The summed E-state index contributed by atoms with van der Waals surface area (Å²) in [7, 11) is -2.33. The van der Waals surface area contributed by atoms with E-state index in [1.54, 1.807) is 12.1 Å². The summed E-state index contributed by atoms with van der Waals surface area (Å²) in [4.78, 5) is 7.81. The maximum Gasteiger partial charge on any atom is 0.263 e. The topological polar surface area (TPSA) is 105 Å². The van der Waals surface area contributed by atoms with E-state index in [0.717, 1.165) is 19.4 Å². The van der Waals surface area contributed by atoms with Crippen molar-refractivity contribution in [3.8, 4) is 5.88 Å². The first-order valence-electron chi connectivity index (χ1n) is 7.98. The molecule has 0 aliphatic carbocycles. The van der Waals surface area contributed by atoms with Crippen molar-refractivity contribution in [2.45, 2.75) is 24.7 Å². The molecule has 0 spiro atoms. The van der Waals surface area contributed by atoms with E-state index in [1.165, 1.54) is 31.6 Å². The lowest BCUT2D eigenvalue weighted by atomic mass is 10.3. The van der Waals surface area contributed by atoms with E-state index in [0.29, 0.717) is 10.8 Å². The fraction of sp³-hybridized carbons (Fsp3) is 0.312. The van der Waals surface area contributed by atoms with Crippen LogP contribution >= 0.6 is 12.2 Å². The highest BCUT2D eigenvalue weighted by Crippen LogP contribution is 2.18. The van der Waals surface area contributed by atoms with Gasteiger partial charge in [0.2, 0.25) is 5.88 Å². The Hall–Kier alpha value is -2.46. The highest BCUT2D eigenvalue weighted by Gasteiger charge is 2.15. The van der Waals surface area contributed by atoms with Gasteiger partial charge in [0.15, 0.2) is 5.11 Å². The van der Waals surface area contributed by atoms with Gasteiger partial charge < -0.3 is 15.4 Å². The van der Waals surface area contributed by atoms with Gasteiger partial charge >= 0.3 is 0 Å². The molecule has 1 aromatic heterocycles. The van der Waals surface area contributed by atoms with E-state index in [4.69, 9.17) is 17.0 Å². The normalized spacial score (nSPS) is 10.8.